The Kier molecular flexibility index (Phi) is 5.59. The zero-order valence-corrected chi connectivity index (χ0v) is 16.7. The number of hydrogen-bond acceptors (Lipinski definition) is 6. The number of nitrogens with two attached hydrogens (primary N) is 1. The van der Waals surface area contributed by atoms with E-state index in [4.69, 9.17) is 5.84 Å². The summed E-state index contributed by atoms with van der Waals surface area (Å²) in [6, 6.07) is 18.8. The largest absolute Gasteiger partial charge is 0.335 e. The topological polar surface area (TPSA) is 85.8 Å². The van der Waals surface area contributed by atoms with Crippen LogP contribution in [-0.2, 0) is 4.79 Å². The van der Waals surface area contributed by atoms with E-state index in [1.54, 1.807) is 0 Å². The number of nitrogens with one attached hydrogen (secondary N) is 1. The lowest BCUT2D eigenvalue weighted by molar-refractivity contribution is -0.115. The van der Waals surface area contributed by atoms with Gasteiger partial charge in [-0.25, -0.2) is 9.07 Å². The molecule has 2 aromatic heterocycles. The second kappa shape index (κ2) is 8.46. The molecule has 9 heteroatoms. The van der Waals surface area contributed by atoms with E-state index in [0.29, 0.717) is 16.7 Å². The van der Waals surface area contributed by atoms with Crippen molar-refractivity contribution < 1.29 is 9.18 Å². The quantitative estimate of drug-likeness (QED) is 0.355. The summed E-state index contributed by atoms with van der Waals surface area (Å²) in [4.78, 5) is 13.9. The van der Waals surface area contributed by atoms with Gasteiger partial charge in [0.1, 0.15) is 11.1 Å². The van der Waals surface area contributed by atoms with Crippen LogP contribution in [0.15, 0.2) is 77.3 Å². The highest BCUT2D eigenvalue weighted by Gasteiger charge is 2.26. The summed E-state index contributed by atoms with van der Waals surface area (Å²) < 4.78 is 14.5. The molecular formula is C20H16FN5OS2. The first-order chi connectivity index (χ1) is 14.1. The van der Waals surface area contributed by atoms with Crippen molar-refractivity contribution in [2.45, 2.75) is 10.4 Å². The molecule has 0 aliphatic rings. The zero-order valence-electron chi connectivity index (χ0n) is 15.0. The fourth-order valence-electron chi connectivity index (χ4n) is 2.68. The Morgan fingerprint density at radius 1 is 1.07 bits per heavy atom. The molecule has 1 atom stereocenters. The third kappa shape index (κ3) is 4.30. The van der Waals surface area contributed by atoms with Gasteiger partial charge in [0.25, 0.3) is 0 Å². The lowest BCUT2D eigenvalue weighted by Gasteiger charge is -2.16. The summed E-state index contributed by atoms with van der Waals surface area (Å²) in [6.07, 6.45) is 0. The monoisotopic (exact) mass is 425 g/mol. The molecule has 0 fully saturated rings. The first kappa shape index (κ1) is 19.2. The number of anilines is 1. The van der Waals surface area contributed by atoms with E-state index in [1.807, 2.05) is 47.8 Å². The number of aromatic nitrogens is 3. The van der Waals surface area contributed by atoms with Gasteiger partial charge in [0.15, 0.2) is 5.82 Å². The van der Waals surface area contributed by atoms with E-state index in [-0.39, 0.29) is 11.7 Å². The predicted octanol–water partition coefficient (Wildman–Crippen LogP) is 4.33. The van der Waals surface area contributed by atoms with Gasteiger partial charge in [0, 0.05) is 5.69 Å². The van der Waals surface area contributed by atoms with Crippen LogP contribution >= 0.6 is 23.1 Å². The molecular weight excluding hydrogens is 409 g/mol. The number of nitrogens with zero attached hydrogens (tertiary/aromatic N) is 3. The van der Waals surface area contributed by atoms with Crippen LogP contribution in [0.2, 0.25) is 0 Å². The van der Waals surface area contributed by atoms with Crippen LogP contribution < -0.4 is 11.2 Å². The highest BCUT2D eigenvalue weighted by molar-refractivity contribution is 8.00. The minimum Gasteiger partial charge on any atom is -0.335 e. The normalized spacial score (nSPS) is 11.9. The SMILES string of the molecule is Nn1c(S[C@H](C(=O)Nc2ccc(F)cc2)c2ccccc2)nnc1-c1cccs1. The predicted molar refractivity (Wildman–Crippen MR) is 114 cm³/mol. The molecule has 0 bridgehead atoms. The lowest BCUT2D eigenvalue weighted by Crippen LogP contribution is -2.20. The van der Waals surface area contributed by atoms with Crippen molar-refractivity contribution in [3.8, 4) is 10.7 Å². The van der Waals surface area contributed by atoms with E-state index in [9.17, 15) is 9.18 Å². The van der Waals surface area contributed by atoms with E-state index >= 15 is 0 Å². The highest BCUT2D eigenvalue weighted by Crippen LogP contribution is 2.36. The molecule has 146 valence electrons. The Morgan fingerprint density at radius 2 is 1.83 bits per heavy atom. The van der Waals surface area contributed by atoms with Gasteiger partial charge in [-0.05, 0) is 41.3 Å². The first-order valence-electron chi connectivity index (χ1n) is 8.64. The number of halogens is 1. The number of hydrogen-bond donors (Lipinski definition) is 2. The summed E-state index contributed by atoms with van der Waals surface area (Å²) in [6.45, 7) is 0. The molecule has 0 unspecified atom stereocenters. The minimum atomic E-state index is -0.621. The van der Waals surface area contributed by atoms with Crippen LogP contribution in [0, 0.1) is 5.82 Å². The van der Waals surface area contributed by atoms with Crippen molar-refractivity contribution in [1.82, 2.24) is 14.9 Å². The van der Waals surface area contributed by atoms with Crippen molar-refractivity contribution in [2.75, 3.05) is 11.2 Å². The van der Waals surface area contributed by atoms with Crippen LogP contribution in [0.5, 0.6) is 0 Å². The van der Waals surface area contributed by atoms with E-state index in [2.05, 4.69) is 15.5 Å². The maximum Gasteiger partial charge on any atom is 0.242 e. The van der Waals surface area contributed by atoms with Crippen molar-refractivity contribution in [2.24, 2.45) is 0 Å². The summed E-state index contributed by atoms with van der Waals surface area (Å²) in [7, 11) is 0. The number of rotatable bonds is 6. The number of benzene rings is 2. The fraction of sp³-hybridized carbons (Fsp3) is 0.0500. The second-order valence-electron chi connectivity index (χ2n) is 6.06. The Labute approximate surface area is 174 Å². The van der Waals surface area contributed by atoms with E-state index < -0.39 is 5.25 Å². The highest BCUT2D eigenvalue weighted by atomic mass is 32.2. The lowest BCUT2D eigenvalue weighted by atomic mass is 10.1. The molecule has 2 heterocycles. The molecule has 0 aliphatic heterocycles. The van der Waals surface area contributed by atoms with Crippen LogP contribution in [0.1, 0.15) is 10.8 Å². The number of amides is 1. The van der Waals surface area contributed by atoms with Gasteiger partial charge >= 0.3 is 0 Å². The maximum absolute atomic E-state index is 13.2. The number of thioether (sulfide) groups is 1. The van der Waals surface area contributed by atoms with Gasteiger partial charge in [0.05, 0.1) is 4.88 Å². The Morgan fingerprint density at radius 3 is 2.52 bits per heavy atom. The number of nitrogen functional groups attached to an aromatic ring is 1. The van der Waals surface area contributed by atoms with Crippen molar-refractivity contribution in [3.63, 3.8) is 0 Å². The third-order valence-electron chi connectivity index (χ3n) is 4.08. The summed E-state index contributed by atoms with van der Waals surface area (Å²) in [5, 5.41) is 12.9. The average molecular weight is 426 g/mol. The average Bonchev–Trinajstić information content (AvgIpc) is 3.38. The van der Waals surface area contributed by atoms with Crippen LogP contribution in [-0.4, -0.2) is 20.8 Å². The van der Waals surface area contributed by atoms with Gasteiger partial charge in [0.2, 0.25) is 11.1 Å². The molecule has 3 N–H and O–H groups in total. The van der Waals surface area contributed by atoms with Crippen LogP contribution in [0.4, 0.5) is 10.1 Å². The molecule has 29 heavy (non-hydrogen) atoms. The Bertz CT molecular complexity index is 1100. The van der Waals surface area contributed by atoms with Crippen molar-refractivity contribution in [3.05, 3.63) is 83.5 Å². The molecule has 0 saturated heterocycles. The number of thiophene rings is 1. The fourth-order valence-corrected chi connectivity index (χ4v) is 4.34. The number of carbonyl (C=O) groups excluding carboxylic acids is 1. The van der Waals surface area contributed by atoms with Crippen molar-refractivity contribution in [1.29, 1.82) is 0 Å². The molecule has 0 radical (unpaired) electrons. The summed E-state index contributed by atoms with van der Waals surface area (Å²) in [5.41, 5.74) is 1.30. The standard InChI is InChI=1S/C20H16FN5OS2/c21-14-8-10-15(11-9-14)23-19(27)17(13-5-2-1-3-6-13)29-20-25-24-18(26(20)22)16-7-4-12-28-16/h1-12,17H,22H2,(H,23,27)/t17-/m0/s1. The van der Waals surface area contributed by atoms with E-state index in [1.165, 1.54) is 52.0 Å². The van der Waals surface area contributed by atoms with Crippen LogP contribution in [0.25, 0.3) is 10.7 Å². The van der Waals surface area contributed by atoms with Crippen LogP contribution in [0.3, 0.4) is 0 Å². The zero-order chi connectivity index (χ0) is 20.2. The molecule has 0 aliphatic carbocycles. The Hall–Kier alpha value is -3.17. The summed E-state index contributed by atoms with van der Waals surface area (Å²) in [5.74, 6) is 6.09. The minimum absolute atomic E-state index is 0.270. The smallest absolute Gasteiger partial charge is 0.242 e. The van der Waals surface area contributed by atoms with Gasteiger partial charge in [-0.15, -0.1) is 21.5 Å². The molecule has 2 aromatic carbocycles. The van der Waals surface area contributed by atoms with E-state index in [0.717, 1.165) is 10.4 Å². The Balaban J connectivity index is 1.61. The molecule has 1 amide bonds. The van der Waals surface area contributed by atoms with Gasteiger partial charge in [-0.2, -0.15) is 0 Å². The molecule has 4 aromatic rings. The molecule has 6 nitrogen and oxygen atoms in total. The molecule has 4 rings (SSSR count). The van der Waals surface area contributed by atoms with Gasteiger partial charge < -0.3 is 11.2 Å². The summed E-state index contributed by atoms with van der Waals surface area (Å²) >= 11 is 2.71. The van der Waals surface area contributed by atoms with Gasteiger partial charge in [-0.1, -0.05) is 48.2 Å². The first-order valence-corrected chi connectivity index (χ1v) is 10.4. The molecule has 0 spiro atoms. The third-order valence-corrected chi connectivity index (χ3v) is 6.16. The molecule has 0 saturated carbocycles. The van der Waals surface area contributed by atoms with Crippen molar-refractivity contribution >= 4 is 34.7 Å². The second-order valence-corrected chi connectivity index (χ2v) is 8.08. The maximum atomic E-state index is 13.2. The number of carbonyl (C=O) groups is 1. The van der Waals surface area contributed by atoms with Gasteiger partial charge in [-0.3, -0.25) is 4.79 Å².